The maximum absolute atomic E-state index is 6.07. The van der Waals surface area contributed by atoms with Crippen molar-refractivity contribution in [3.05, 3.63) is 51.7 Å². The monoisotopic (exact) mass is 284 g/mol. The molecule has 1 heterocycles. The van der Waals surface area contributed by atoms with Gasteiger partial charge in [0.05, 0.1) is 10.7 Å². The maximum atomic E-state index is 6.07. The van der Waals surface area contributed by atoms with Crippen molar-refractivity contribution in [1.82, 2.24) is 4.98 Å². The number of aromatic amines is 1. The van der Waals surface area contributed by atoms with Crippen LogP contribution in [0.5, 0.6) is 0 Å². The second kappa shape index (κ2) is 4.73. The molecule has 2 aromatic rings. The average Bonchev–Trinajstić information content (AvgIpc) is 2.69. The molecule has 4 heteroatoms. The minimum Gasteiger partial charge on any atom is -0.380 e. The number of nitrogens with one attached hydrogen (secondary N) is 2. The van der Waals surface area contributed by atoms with Gasteiger partial charge >= 0.3 is 0 Å². The van der Waals surface area contributed by atoms with Crippen LogP contribution in [0.15, 0.2) is 41.1 Å². The number of rotatable bonds is 3. The van der Waals surface area contributed by atoms with E-state index in [1.54, 1.807) is 0 Å². The Labute approximate surface area is 102 Å². The molecule has 0 aliphatic rings. The fraction of sp³-hybridized carbons (Fsp3) is 0.0909. The van der Waals surface area contributed by atoms with Gasteiger partial charge in [-0.3, -0.25) is 0 Å². The average molecular weight is 286 g/mol. The van der Waals surface area contributed by atoms with Crippen LogP contribution in [-0.4, -0.2) is 4.98 Å². The van der Waals surface area contributed by atoms with Gasteiger partial charge in [-0.25, -0.2) is 0 Å². The molecule has 0 aliphatic carbocycles. The predicted octanol–water partition coefficient (Wildman–Crippen LogP) is 4.04. The van der Waals surface area contributed by atoms with Crippen molar-refractivity contribution in [3.8, 4) is 0 Å². The zero-order valence-electron chi connectivity index (χ0n) is 7.93. The maximum Gasteiger partial charge on any atom is 0.0648 e. The zero-order chi connectivity index (χ0) is 10.7. The van der Waals surface area contributed by atoms with Gasteiger partial charge in [-0.1, -0.05) is 27.5 Å². The predicted molar refractivity (Wildman–Crippen MR) is 67.3 cm³/mol. The van der Waals surface area contributed by atoms with Crippen LogP contribution in [0.3, 0.4) is 0 Å². The summed E-state index contributed by atoms with van der Waals surface area (Å²) < 4.78 is 0.986. The van der Waals surface area contributed by atoms with Crippen LogP contribution in [0.4, 0.5) is 5.69 Å². The van der Waals surface area contributed by atoms with E-state index in [0.29, 0.717) is 0 Å². The number of halogens is 2. The number of H-pyrrole nitrogens is 1. The molecule has 0 fully saturated rings. The van der Waals surface area contributed by atoms with Gasteiger partial charge in [0.1, 0.15) is 0 Å². The molecule has 2 N–H and O–H groups in total. The second-order valence-electron chi connectivity index (χ2n) is 3.20. The summed E-state index contributed by atoms with van der Waals surface area (Å²) in [6, 6.07) is 7.82. The fourth-order valence-electron chi connectivity index (χ4n) is 1.30. The molecule has 0 saturated heterocycles. The number of anilines is 1. The zero-order valence-corrected chi connectivity index (χ0v) is 10.3. The molecule has 0 saturated carbocycles. The van der Waals surface area contributed by atoms with E-state index in [-0.39, 0.29) is 0 Å². The second-order valence-corrected chi connectivity index (χ2v) is 4.52. The molecule has 1 aromatic heterocycles. The van der Waals surface area contributed by atoms with Gasteiger partial charge in [0.15, 0.2) is 0 Å². The smallest absolute Gasteiger partial charge is 0.0648 e. The highest BCUT2D eigenvalue weighted by Gasteiger charge is 2.00. The summed E-state index contributed by atoms with van der Waals surface area (Å²) in [6.07, 6.45) is 3.86. The van der Waals surface area contributed by atoms with Gasteiger partial charge in [0, 0.05) is 23.4 Å². The summed E-state index contributed by atoms with van der Waals surface area (Å²) in [4.78, 5) is 3.01. The van der Waals surface area contributed by atoms with Crippen molar-refractivity contribution < 1.29 is 0 Å². The van der Waals surface area contributed by atoms with Crippen LogP contribution >= 0.6 is 27.5 Å². The van der Waals surface area contributed by atoms with Crippen molar-refractivity contribution >= 4 is 33.2 Å². The summed E-state index contributed by atoms with van der Waals surface area (Å²) in [6.45, 7) is 0.769. The Morgan fingerprint density at radius 3 is 2.87 bits per heavy atom. The lowest BCUT2D eigenvalue weighted by molar-refractivity contribution is 1.15. The van der Waals surface area contributed by atoms with Crippen molar-refractivity contribution in [1.29, 1.82) is 0 Å². The van der Waals surface area contributed by atoms with Crippen LogP contribution in [0.25, 0.3) is 0 Å². The van der Waals surface area contributed by atoms with E-state index >= 15 is 0 Å². The van der Waals surface area contributed by atoms with Gasteiger partial charge in [-0.2, -0.15) is 0 Å². The quantitative estimate of drug-likeness (QED) is 0.875. The molecule has 15 heavy (non-hydrogen) atoms. The molecule has 0 atom stereocenters. The first-order valence-electron chi connectivity index (χ1n) is 4.56. The van der Waals surface area contributed by atoms with Gasteiger partial charge in [-0.15, -0.1) is 0 Å². The Kier molecular flexibility index (Phi) is 3.34. The molecule has 2 nitrogen and oxygen atoms in total. The summed E-state index contributed by atoms with van der Waals surface area (Å²) >= 11 is 9.44. The molecular weight excluding hydrogens is 275 g/mol. The Hall–Kier alpha value is -0.930. The number of benzene rings is 1. The highest BCUT2D eigenvalue weighted by Crippen LogP contribution is 2.25. The van der Waals surface area contributed by atoms with Crippen molar-refractivity contribution in [2.45, 2.75) is 6.54 Å². The third-order valence-electron chi connectivity index (χ3n) is 2.08. The number of hydrogen-bond donors (Lipinski definition) is 2. The highest BCUT2D eigenvalue weighted by molar-refractivity contribution is 9.10. The summed E-state index contributed by atoms with van der Waals surface area (Å²) in [5.74, 6) is 0. The van der Waals surface area contributed by atoms with Gasteiger partial charge in [0.25, 0.3) is 0 Å². The number of aromatic nitrogens is 1. The molecule has 0 amide bonds. The highest BCUT2D eigenvalue weighted by atomic mass is 79.9. The largest absolute Gasteiger partial charge is 0.380 e. The summed E-state index contributed by atoms with van der Waals surface area (Å²) in [5.41, 5.74) is 2.15. The normalized spacial score (nSPS) is 10.3. The van der Waals surface area contributed by atoms with Crippen LogP contribution in [-0.2, 0) is 6.54 Å². The van der Waals surface area contributed by atoms with Crippen molar-refractivity contribution in [2.75, 3.05) is 5.32 Å². The first kappa shape index (κ1) is 10.6. The molecule has 0 aliphatic heterocycles. The van der Waals surface area contributed by atoms with Crippen molar-refractivity contribution in [3.63, 3.8) is 0 Å². The first-order chi connectivity index (χ1) is 7.25. The lowest BCUT2D eigenvalue weighted by atomic mass is 10.3. The Morgan fingerprint density at radius 1 is 1.33 bits per heavy atom. The topological polar surface area (TPSA) is 27.8 Å². The Morgan fingerprint density at radius 2 is 2.20 bits per heavy atom. The molecule has 1 aromatic carbocycles. The van der Waals surface area contributed by atoms with Gasteiger partial charge < -0.3 is 10.3 Å². The van der Waals surface area contributed by atoms with Crippen molar-refractivity contribution in [2.24, 2.45) is 0 Å². The molecule has 0 radical (unpaired) electrons. The van der Waals surface area contributed by atoms with E-state index in [2.05, 4.69) is 26.2 Å². The third kappa shape index (κ3) is 2.76. The summed E-state index contributed by atoms with van der Waals surface area (Å²) in [7, 11) is 0. The number of hydrogen-bond acceptors (Lipinski definition) is 1. The molecule has 0 spiro atoms. The molecule has 0 bridgehead atoms. The van der Waals surface area contributed by atoms with E-state index in [4.69, 9.17) is 11.6 Å². The fourth-order valence-corrected chi connectivity index (χ4v) is 2.04. The van der Waals surface area contributed by atoms with Crippen LogP contribution in [0, 0.1) is 0 Å². The molecular formula is C11H10BrClN2. The van der Waals surface area contributed by atoms with Crippen LogP contribution in [0.2, 0.25) is 5.02 Å². The Balaban J connectivity index is 2.05. The van der Waals surface area contributed by atoms with Crippen LogP contribution in [0.1, 0.15) is 5.56 Å². The van der Waals surface area contributed by atoms with E-state index in [0.717, 1.165) is 21.7 Å². The first-order valence-corrected chi connectivity index (χ1v) is 5.73. The molecule has 2 rings (SSSR count). The molecule has 0 unspecified atom stereocenters. The van der Waals surface area contributed by atoms with Gasteiger partial charge in [-0.05, 0) is 29.8 Å². The standard InChI is InChI=1S/C11H10BrClN2/c12-9-1-2-11(10(13)5-9)15-7-8-3-4-14-6-8/h1-6,14-15H,7H2. The van der Waals surface area contributed by atoms with Crippen LogP contribution < -0.4 is 5.32 Å². The van der Waals surface area contributed by atoms with Gasteiger partial charge in [0.2, 0.25) is 0 Å². The minimum absolute atomic E-state index is 0.722. The van der Waals surface area contributed by atoms with E-state index in [1.165, 1.54) is 5.56 Å². The SMILES string of the molecule is Clc1cc(Br)ccc1NCc1cc[nH]c1. The Bertz CT molecular complexity index is 440. The van der Waals surface area contributed by atoms with E-state index < -0.39 is 0 Å². The third-order valence-corrected chi connectivity index (χ3v) is 2.88. The minimum atomic E-state index is 0.722. The molecule has 78 valence electrons. The van der Waals surface area contributed by atoms with E-state index in [9.17, 15) is 0 Å². The lowest BCUT2D eigenvalue weighted by Crippen LogP contribution is -1.98. The lowest BCUT2D eigenvalue weighted by Gasteiger charge is -2.07. The van der Waals surface area contributed by atoms with E-state index in [1.807, 2.05) is 36.7 Å². The summed E-state index contributed by atoms with van der Waals surface area (Å²) in [5, 5.41) is 3.99.